The van der Waals surface area contributed by atoms with E-state index in [1.807, 2.05) is 0 Å². The minimum atomic E-state index is 0.394. The van der Waals surface area contributed by atoms with Gasteiger partial charge in [0.05, 0.1) is 11.9 Å². The van der Waals surface area contributed by atoms with Crippen LogP contribution in [0.1, 0.15) is 22.6 Å². The number of nitrogens with zero attached hydrogens (tertiary/aromatic N) is 4. The zero-order chi connectivity index (χ0) is 17.5. The summed E-state index contributed by atoms with van der Waals surface area (Å²) in [6.45, 7) is 2.00. The molecule has 26 heavy (non-hydrogen) atoms. The summed E-state index contributed by atoms with van der Waals surface area (Å²) in [5.41, 5.74) is 6.14. The molecular weight excluding hydrogens is 340 g/mol. The molecular formula is C21H18N4S. The lowest BCUT2D eigenvalue weighted by molar-refractivity contribution is 0.295. The standard InChI is InChI=1S/C21H18N4S/c1-25-11-17-9-15(20-10-23-24-13-22-20)2-4-18(17)19(12-25)14-3-5-21-16(8-14)6-7-26-21/h2-10,13,19H,11-12H2,1H3. The van der Waals surface area contributed by atoms with Crippen LogP contribution in [-0.2, 0) is 6.54 Å². The van der Waals surface area contributed by atoms with E-state index in [2.05, 4.69) is 75.0 Å². The lowest BCUT2D eigenvalue weighted by atomic mass is 9.83. The minimum absolute atomic E-state index is 0.394. The predicted molar refractivity (Wildman–Crippen MR) is 105 cm³/mol. The fraction of sp³-hybridized carbons (Fsp3) is 0.190. The number of fused-ring (bicyclic) bond motifs is 2. The molecule has 1 unspecified atom stereocenters. The van der Waals surface area contributed by atoms with Crippen LogP contribution in [0.15, 0.2) is 60.4 Å². The van der Waals surface area contributed by atoms with E-state index in [-0.39, 0.29) is 0 Å². The summed E-state index contributed by atoms with van der Waals surface area (Å²) < 4.78 is 1.35. The Bertz CT molecular complexity index is 1070. The normalized spacial score (nSPS) is 17.3. The molecule has 0 fully saturated rings. The van der Waals surface area contributed by atoms with Crippen molar-refractivity contribution in [2.75, 3.05) is 13.6 Å². The van der Waals surface area contributed by atoms with Crippen LogP contribution in [0, 0.1) is 0 Å². The van der Waals surface area contributed by atoms with E-state index in [1.165, 1.54) is 33.1 Å². The second-order valence-corrected chi connectivity index (χ2v) is 7.82. The molecule has 0 radical (unpaired) electrons. The van der Waals surface area contributed by atoms with Crippen LogP contribution in [0.5, 0.6) is 0 Å². The van der Waals surface area contributed by atoms with Crippen LogP contribution in [0.3, 0.4) is 0 Å². The average Bonchev–Trinajstić information content (AvgIpc) is 3.15. The van der Waals surface area contributed by atoms with Crippen LogP contribution >= 0.6 is 11.3 Å². The van der Waals surface area contributed by atoms with Crippen molar-refractivity contribution in [3.8, 4) is 11.3 Å². The number of aromatic nitrogens is 3. The quantitative estimate of drug-likeness (QED) is 0.535. The Hall–Kier alpha value is -2.63. The van der Waals surface area contributed by atoms with Gasteiger partial charge in [0.15, 0.2) is 0 Å². The molecule has 5 rings (SSSR count). The Morgan fingerprint density at radius 3 is 2.92 bits per heavy atom. The lowest BCUT2D eigenvalue weighted by Crippen LogP contribution is -2.31. The van der Waals surface area contributed by atoms with Crippen molar-refractivity contribution in [3.05, 3.63) is 77.1 Å². The SMILES string of the molecule is CN1Cc2cc(-c3cnncn3)ccc2C(c2ccc3sccc3c2)C1. The Balaban J connectivity index is 1.59. The van der Waals surface area contributed by atoms with E-state index in [0.717, 1.165) is 24.3 Å². The molecule has 0 spiro atoms. The van der Waals surface area contributed by atoms with Crippen LogP contribution in [-0.4, -0.2) is 33.7 Å². The molecule has 0 amide bonds. The molecule has 1 aliphatic heterocycles. The van der Waals surface area contributed by atoms with Crippen molar-refractivity contribution in [2.45, 2.75) is 12.5 Å². The highest BCUT2D eigenvalue weighted by atomic mass is 32.1. The highest BCUT2D eigenvalue weighted by Gasteiger charge is 2.25. The first-order valence-electron chi connectivity index (χ1n) is 8.69. The van der Waals surface area contributed by atoms with Gasteiger partial charge in [-0.3, -0.25) is 0 Å². The number of benzene rings is 2. The first-order chi connectivity index (χ1) is 12.8. The highest BCUT2D eigenvalue weighted by Crippen LogP contribution is 2.36. The molecule has 0 saturated heterocycles. The molecule has 0 bridgehead atoms. The van der Waals surface area contributed by atoms with Gasteiger partial charge in [-0.05, 0) is 58.8 Å². The summed E-state index contributed by atoms with van der Waals surface area (Å²) in [7, 11) is 2.19. The summed E-state index contributed by atoms with van der Waals surface area (Å²) in [6, 6.07) is 15.8. The van der Waals surface area contributed by atoms with Gasteiger partial charge in [-0.25, -0.2) is 4.98 Å². The maximum atomic E-state index is 4.34. The van der Waals surface area contributed by atoms with Crippen molar-refractivity contribution < 1.29 is 0 Å². The van der Waals surface area contributed by atoms with Gasteiger partial charge in [-0.15, -0.1) is 16.4 Å². The second kappa shape index (κ2) is 6.27. The molecule has 0 saturated carbocycles. The Morgan fingerprint density at radius 2 is 2.04 bits per heavy atom. The third-order valence-electron chi connectivity index (χ3n) is 5.12. The summed E-state index contributed by atoms with van der Waals surface area (Å²) in [5.74, 6) is 0.394. The van der Waals surface area contributed by atoms with Crippen molar-refractivity contribution in [1.29, 1.82) is 0 Å². The smallest absolute Gasteiger partial charge is 0.138 e. The molecule has 0 aliphatic carbocycles. The van der Waals surface area contributed by atoms with Crippen molar-refractivity contribution >= 4 is 21.4 Å². The molecule has 1 aliphatic rings. The minimum Gasteiger partial charge on any atom is -0.301 e. The molecule has 5 heteroatoms. The third-order valence-corrected chi connectivity index (χ3v) is 6.02. The molecule has 4 nitrogen and oxygen atoms in total. The van der Waals surface area contributed by atoms with Gasteiger partial charge >= 0.3 is 0 Å². The topological polar surface area (TPSA) is 41.9 Å². The maximum absolute atomic E-state index is 4.34. The van der Waals surface area contributed by atoms with Gasteiger partial charge in [0.2, 0.25) is 0 Å². The number of hydrogen-bond acceptors (Lipinski definition) is 5. The van der Waals surface area contributed by atoms with Gasteiger partial charge in [0.25, 0.3) is 0 Å². The van der Waals surface area contributed by atoms with E-state index in [4.69, 9.17) is 0 Å². The largest absolute Gasteiger partial charge is 0.301 e. The maximum Gasteiger partial charge on any atom is 0.138 e. The summed E-state index contributed by atoms with van der Waals surface area (Å²) >= 11 is 1.80. The molecule has 1 atom stereocenters. The molecule has 3 heterocycles. The zero-order valence-electron chi connectivity index (χ0n) is 14.5. The Labute approximate surface area is 156 Å². The van der Waals surface area contributed by atoms with Crippen molar-refractivity contribution in [2.24, 2.45) is 0 Å². The van der Waals surface area contributed by atoms with Gasteiger partial charge in [-0.2, -0.15) is 5.10 Å². The van der Waals surface area contributed by atoms with E-state index >= 15 is 0 Å². The predicted octanol–water partition coefficient (Wildman–Crippen LogP) is 4.33. The van der Waals surface area contributed by atoms with Gasteiger partial charge in [0, 0.05) is 29.3 Å². The summed E-state index contributed by atoms with van der Waals surface area (Å²) in [4.78, 5) is 6.73. The van der Waals surface area contributed by atoms with Gasteiger partial charge in [0.1, 0.15) is 6.33 Å². The fourth-order valence-electron chi connectivity index (χ4n) is 3.88. The fourth-order valence-corrected chi connectivity index (χ4v) is 4.65. The van der Waals surface area contributed by atoms with Gasteiger partial charge in [-0.1, -0.05) is 18.2 Å². The number of likely N-dealkylation sites (N-methyl/N-ethyl adjacent to an activating group) is 1. The van der Waals surface area contributed by atoms with Gasteiger partial charge < -0.3 is 4.90 Å². The second-order valence-electron chi connectivity index (χ2n) is 6.87. The van der Waals surface area contributed by atoms with E-state index in [0.29, 0.717) is 5.92 Å². The van der Waals surface area contributed by atoms with Crippen LogP contribution in [0.4, 0.5) is 0 Å². The lowest BCUT2D eigenvalue weighted by Gasteiger charge is -2.33. The van der Waals surface area contributed by atoms with Crippen molar-refractivity contribution in [3.63, 3.8) is 0 Å². The molecule has 4 aromatic rings. The number of thiophene rings is 1. The Morgan fingerprint density at radius 1 is 1.08 bits per heavy atom. The first-order valence-corrected chi connectivity index (χ1v) is 9.57. The zero-order valence-corrected chi connectivity index (χ0v) is 15.3. The number of rotatable bonds is 2. The Kier molecular flexibility index (Phi) is 3.76. The van der Waals surface area contributed by atoms with E-state index < -0.39 is 0 Å². The summed E-state index contributed by atoms with van der Waals surface area (Å²) in [6.07, 6.45) is 3.22. The van der Waals surface area contributed by atoms with Crippen LogP contribution in [0.25, 0.3) is 21.3 Å². The molecule has 2 aromatic carbocycles. The monoisotopic (exact) mass is 358 g/mol. The highest BCUT2D eigenvalue weighted by molar-refractivity contribution is 7.17. The molecule has 0 N–H and O–H groups in total. The third kappa shape index (κ3) is 2.69. The van der Waals surface area contributed by atoms with E-state index in [9.17, 15) is 0 Å². The number of hydrogen-bond donors (Lipinski definition) is 0. The molecule has 128 valence electrons. The average molecular weight is 358 g/mol. The van der Waals surface area contributed by atoms with Crippen LogP contribution < -0.4 is 0 Å². The van der Waals surface area contributed by atoms with E-state index in [1.54, 1.807) is 17.5 Å². The van der Waals surface area contributed by atoms with Crippen molar-refractivity contribution in [1.82, 2.24) is 20.1 Å². The van der Waals surface area contributed by atoms with Crippen LogP contribution in [0.2, 0.25) is 0 Å². The summed E-state index contributed by atoms with van der Waals surface area (Å²) in [5, 5.41) is 11.2. The first kappa shape index (κ1) is 15.6. The molecule has 2 aromatic heterocycles.